The van der Waals surface area contributed by atoms with Gasteiger partial charge in [0, 0.05) is 5.92 Å². The van der Waals surface area contributed by atoms with E-state index < -0.39 is 11.7 Å². The Hall–Kier alpha value is -1.98. The van der Waals surface area contributed by atoms with Crippen molar-refractivity contribution in [3.63, 3.8) is 0 Å². The minimum Gasteiger partial charge on any atom is -0.298 e. The Kier molecular flexibility index (Phi) is 4.32. The highest BCUT2D eigenvalue weighted by Crippen LogP contribution is 2.34. The number of nitrogens with one attached hydrogen (secondary N) is 2. The molecule has 1 unspecified atom stereocenters. The molecule has 0 fully saturated rings. The molecule has 1 aliphatic rings. The van der Waals surface area contributed by atoms with Crippen LogP contribution < -0.4 is 10.9 Å². The van der Waals surface area contributed by atoms with Gasteiger partial charge in [0.25, 0.3) is 0 Å². The van der Waals surface area contributed by atoms with Crippen LogP contribution in [0.15, 0.2) is 36.4 Å². The number of para-hydroxylation sites is 1. The predicted octanol–water partition coefficient (Wildman–Crippen LogP) is 3.50. The summed E-state index contributed by atoms with van der Waals surface area (Å²) in [5, 5.41) is 0. The van der Waals surface area contributed by atoms with Gasteiger partial charge in [-0.15, -0.1) is 0 Å². The van der Waals surface area contributed by atoms with Crippen molar-refractivity contribution in [1.29, 1.82) is 0 Å². The Morgan fingerprint density at radius 2 is 1.95 bits per heavy atom. The van der Waals surface area contributed by atoms with E-state index in [4.69, 9.17) is 0 Å². The Bertz CT molecular complexity index is 511. The summed E-state index contributed by atoms with van der Waals surface area (Å²) >= 11 is 0. The van der Waals surface area contributed by atoms with Gasteiger partial charge in [0.1, 0.15) is 0 Å². The molecule has 20 heavy (non-hydrogen) atoms. The molecular weight excluding hydrogens is 269 g/mol. The average molecular weight is 284 g/mol. The number of carbonyl (C=O) groups is 1. The summed E-state index contributed by atoms with van der Waals surface area (Å²) in [5.74, 6) is -0.475. The van der Waals surface area contributed by atoms with Crippen molar-refractivity contribution in [2.24, 2.45) is 5.92 Å². The van der Waals surface area contributed by atoms with E-state index in [0.29, 0.717) is 12.8 Å². The van der Waals surface area contributed by atoms with Gasteiger partial charge in [0.05, 0.1) is 11.3 Å². The minimum absolute atomic E-state index is 0.153. The number of hydrogen-bond donors (Lipinski definition) is 2. The van der Waals surface area contributed by atoms with E-state index in [2.05, 4.69) is 10.9 Å². The summed E-state index contributed by atoms with van der Waals surface area (Å²) in [6.45, 7) is 0. The average Bonchev–Trinajstić information content (AvgIpc) is 2.45. The van der Waals surface area contributed by atoms with Crippen molar-refractivity contribution in [3.8, 4) is 0 Å². The van der Waals surface area contributed by atoms with Crippen molar-refractivity contribution in [2.45, 2.75) is 25.4 Å². The number of hydrazine groups is 1. The third-order valence-electron chi connectivity index (χ3n) is 3.19. The SMILES string of the molecule is O=C(NNc1ccccc1C(F)(F)F)C1CC=CCC1. The highest BCUT2D eigenvalue weighted by molar-refractivity contribution is 5.80. The van der Waals surface area contributed by atoms with Crippen LogP contribution in [0.25, 0.3) is 0 Å². The van der Waals surface area contributed by atoms with Crippen LogP contribution in [-0.4, -0.2) is 5.91 Å². The second kappa shape index (κ2) is 5.98. The molecule has 6 heteroatoms. The fourth-order valence-electron chi connectivity index (χ4n) is 2.10. The largest absolute Gasteiger partial charge is 0.418 e. The molecule has 0 radical (unpaired) electrons. The summed E-state index contributed by atoms with van der Waals surface area (Å²) in [7, 11) is 0. The molecule has 0 spiro atoms. The molecule has 1 aromatic rings. The first kappa shape index (κ1) is 14.4. The number of allylic oxidation sites excluding steroid dienone is 2. The van der Waals surface area contributed by atoms with Crippen molar-refractivity contribution < 1.29 is 18.0 Å². The van der Waals surface area contributed by atoms with E-state index in [9.17, 15) is 18.0 Å². The van der Waals surface area contributed by atoms with Gasteiger partial charge in [-0.2, -0.15) is 13.2 Å². The summed E-state index contributed by atoms with van der Waals surface area (Å²) in [4.78, 5) is 11.8. The first-order valence-corrected chi connectivity index (χ1v) is 6.35. The second-order valence-corrected chi connectivity index (χ2v) is 4.64. The quantitative estimate of drug-likeness (QED) is 0.659. The summed E-state index contributed by atoms with van der Waals surface area (Å²) in [6, 6.07) is 5.04. The molecule has 0 aromatic heterocycles. The molecule has 3 nitrogen and oxygen atoms in total. The fraction of sp³-hybridized carbons (Fsp3) is 0.357. The molecular formula is C14H15F3N2O. The van der Waals surface area contributed by atoms with E-state index in [1.165, 1.54) is 18.2 Å². The predicted molar refractivity (Wildman–Crippen MR) is 69.7 cm³/mol. The molecule has 0 heterocycles. The first-order valence-electron chi connectivity index (χ1n) is 6.35. The molecule has 1 aromatic carbocycles. The van der Waals surface area contributed by atoms with Gasteiger partial charge in [0.2, 0.25) is 5.91 Å². The molecule has 0 aliphatic heterocycles. The van der Waals surface area contributed by atoms with Gasteiger partial charge in [-0.3, -0.25) is 15.6 Å². The molecule has 0 saturated carbocycles. The molecule has 108 valence electrons. The number of rotatable bonds is 3. The van der Waals surface area contributed by atoms with E-state index in [-0.39, 0.29) is 17.5 Å². The molecule has 2 N–H and O–H groups in total. The highest BCUT2D eigenvalue weighted by Gasteiger charge is 2.33. The van der Waals surface area contributed by atoms with Crippen LogP contribution in [0, 0.1) is 5.92 Å². The normalized spacial score (nSPS) is 18.6. The number of hydrogen-bond acceptors (Lipinski definition) is 2. The lowest BCUT2D eigenvalue weighted by Crippen LogP contribution is -2.36. The third kappa shape index (κ3) is 3.53. The van der Waals surface area contributed by atoms with Crippen LogP contribution >= 0.6 is 0 Å². The number of alkyl halides is 3. The number of halogens is 3. The van der Waals surface area contributed by atoms with Gasteiger partial charge in [-0.05, 0) is 31.4 Å². The maximum Gasteiger partial charge on any atom is 0.418 e. The van der Waals surface area contributed by atoms with Crippen molar-refractivity contribution in [2.75, 3.05) is 5.43 Å². The Labute approximate surface area is 114 Å². The van der Waals surface area contributed by atoms with Crippen LogP contribution in [-0.2, 0) is 11.0 Å². The number of anilines is 1. The maximum absolute atomic E-state index is 12.8. The zero-order valence-electron chi connectivity index (χ0n) is 10.7. The van der Waals surface area contributed by atoms with Gasteiger partial charge < -0.3 is 0 Å². The van der Waals surface area contributed by atoms with Crippen LogP contribution in [0.1, 0.15) is 24.8 Å². The maximum atomic E-state index is 12.8. The molecule has 1 aliphatic carbocycles. The summed E-state index contributed by atoms with van der Waals surface area (Å²) in [6.07, 6.45) is 1.60. The fourth-order valence-corrected chi connectivity index (χ4v) is 2.10. The van der Waals surface area contributed by atoms with Gasteiger partial charge in [0.15, 0.2) is 0 Å². The van der Waals surface area contributed by atoms with Crippen LogP contribution in [0.4, 0.5) is 18.9 Å². The number of carbonyl (C=O) groups excluding carboxylic acids is 1. The van der Waals surface area contributed by atoms with Gasteiger partial charge in [-0.25, -0.2) is 0 Å². The molecule has 2 rings (SSSR count). The number of amides is 1. The van der Waals surface area contributed by atoms with Crippen LogP contribution in [0.5, 0.6) is 0 Å². The van der Waals surface area contributed by atoms with Gasteiger partial charge in [-0.1, -0.05) is 24.3 Å². The van der Waals surface area contributed by atoms with E-state index in [1.54, 1.807) is 0 Å². The van der Waals surface area contributed by atoms with E-state index in [0.717, 1.165) is 12.5 Å². The molecule has 0 saturated heterocycles. The summed E-state index contributed by atoms with van der Waals surface area (Å²) < 4.78 is 38.3. The first-order chi connectivity index (χ1) is 9.48. The van der Waals surface area contributed by atoms with E-state index in [1.807, 2.05) is 12.2 Å². The van der Waals surface area contributed by atoms with Crippen molar-refractivity contribution in [3.05, 3.63) is 42.0 Å². The minimum atomic E-state index is -4.46. The summed E-state index contributed by atoms with van der Waals surface area (Å²) in [5.41, 5.74) is 3.78. The lowest BCUT2D eigenvalue weighted by Gasteiger charge is -2.19. The molecule has 1 amide bonds. The smallest absolute Gasteiger partial charge is 0.298 e. The standard InChI is InChI=1S/C14H15F3N2O/c15-14(16,17)11-8-4-5-9-12(11)18-19-13(20)10-6-2-1-3-7-10/h1-2,4-5,8-10,18H,3,6-7H2,(H,19,20). The van der Waals surface area contributed by atoms with Crippen LogP contribution in [0.3, 0.4) is 0 Å². The Morgan fingerprint density at radius 3 is 2.60 bits per heavy atom. The Morgan fingerprint density at radius 1 is 1.20 bits per heavy atom. The Balaban J connectivity index is 2.00. The highest BCUT2D eigenvalue weighted by atomic mass is 19.4. The third-order valence-corrected chi connectivity index (χ3v) is 3.19. The van der Waals surface area contributed by atoms with Crippen LogP contribution in [0.2, 0.25) is 0 Å². The zero-order valence-corrected chi connectivity index (χ0v) is 10.7. The topological polar surface area (TPSA) is 41.1 Å². The number of benzene rings is 1. The van der Waals surface area contributed by atoms with Crippen molar-refractivity contribution in [1.82, 2.24) is 5.43 Å². The zero-order chi connectivity index (χ0) is 14.6. The lowest BCUT2D eigenvalue weighted by molar-refractivity contribution is -0.137. The molecule has 0 bridgehead atoms. The van der Waals surface area contributed by atoms with Crippen molar-refractivity contribution >= 4 is 11.6 Å². The molecule has 1 atom stereocenters. The lowest BCUT2D eigenvalue weighted by atomic mass is 9.94. The monoisotopic (exact) mass is 284 g/mol. The van der Waals surface area contributed by atoms with Gasteiger partial charge >= 0.3 is 6.18 Å². The second-order valence-electron chi connectivity index (χ2n) is 4.64. The van der Waals surface area contributed by atoms with E-state index >= 15 is 0 Å².